The molecule has 3 aromatic carbocycles. The molecule has 0 bridgehead atoms. The molecule has 1 aromatic heterocycles. The fourth-order valence-corrected chi connectivity index (χ4v) is 4.76. The van der Waals surface area contributed by atoms with Gasteiger partial charge >= 0.3 is 0 Å². The fourth-order valence-electron chi connectivity index (χ4n) is 3.77. The van der Waals surface area contributed by atoms with Crippen LogP contribution < -0.4 is 4.80 Å². The lowest BCUT2D eigenvalue weighted by Crippen LogP contribution is -2.11. The number of nitrogens with zero attached hydrogens (tertiary/aromatic N) is 2. The number of fused-ring (bicyclic) bond motifs is 1. The van der Waals surface area contributed by atoms with Crippen LogP contribution in [0.15, 0.2) is 83.9 Å². The highest BCUT2D eigenvalue weighted by Crippen LogP contribution is 2.33. The summed E-state index contributed by atoms with van der Waals surface area (Å²) in [6.45, 7) is 4.06. The van der Waals surface area contributed by atoms with Crippen LogP contribution in [-0.4, -0.2) is 15.5 Å². The van der Waals surface area contributed by atoms with Crippen LogP contribution in [0.5, 0.6) is 5.88 Å². The first-order valence-corrected chi connectivity index (χ1v) is 11.5. The zero-order chi connectivity index (χ0) is 22.9. The maximum absolute atomic E-state index is 12.7. The minimum absolute atomic E-state index is 0.0575. The van der Waals surface area contributed by atoms with Crippen molar-refractivity contribution in [2.24, 2.45) is 4.99 Å². The summed E-state index contributed by atoms with van der Waals surface area (Å²) in [5.41, 5.74) is 6.28. The van der Waals surface area contributed by atoms with Crippen LogP contribution in [0, 0.1) is 13.8 Å². The number of aromatic hydroxyl groups is 1. The molecule has 4 nitrogen and oxygen atoms in total. The van der Waals surface area contributed by atoms with Gasteiger partial charge in [-0.25, -0.2) is 4.99 Å². The van der Waals surface area contributed by atoms with E-state index in [4.69, 9.17) is 4.99 Å². The van der Waals surface area contributed by atoms with Gasteiger partial charge in [-0.2, -0.15) is 0 Å². The first-order chi connectivity index (χ1) is 16.0. The molecule has 5 heteroatoms. The minimum atomic E-state index is -0.0830. The first-order valence-electron chi connectivity index (χ1n) is 10.7. The van der Waals surface area contributed by atoms with Gasteiger partial charge in [0.25, 0.3) is 0 Å². The van der Waals surface area contributed by atoms with E-state index in [9.17, 15) is 9.90 Å². The van der Waals surface area contributed by atoms with Crippen LogP contribution in [0.4, 0.5) is 5.69 Å². The average molecular weight is 451 g/mol. The molecule has 1 heterocycles. The van der Waals surface area contributed by atoms with Gasteiger partial charge in [0, 0.05) is 5.57 Å². The number of ketones is 1. The van der Waals surface area contributed by atoms with E-state index in [0.29, 0.717) is 15.3 Å². The number of aryl methyl sites for hydroxylation is 2. The average Bonchev–Trinajstić information content (AvgIpc) is 3.12. The van der Waals surface area contributed by atoms with Gasteiger partial charge in [0.15, 0.2) is 10.6 Å². The summed E-state index contributed by atoms with van der Waals surface area (Å²) in [5, 5.41) is 11.3. The van der Waals surface area contributed by atoms with Crippen LogP contribution in [-0.2, 0) is 4.79 Å². The lowest BCUT2D eigenvalue weighted by Gasteiger charge is -2.12. The first kappa shape index (κ1) is 20.9. The number of aromatic nitrogens is 1. The van der Waals surface area contributed by atoms with E-state index < -0.39 is 0 Å². The molecule has 0 amide bonds. The molecular formula is C28H22N2O2S. The molecule has 4 aromatic rings. The normalized spacial score (nSPS) is 14.7. The summed E-state index contributed by atoms with van der Waals surface area (Å²) in [5.74, 6) is -0.0255. The van der Waals surface area contributed by atoms with Gasteiger partial charge in [-0.3, -0.25) is 9.36 Å². The van der Waals surface area contributed by atoms with Crippen LogP contribution in [0.1, 0.15) is 27.1 Å². The third kappa shape index (κ3) is 4.11. The second-order valence-corrected chi connectivity index (χ2v) is 9.04. The van der Waals surface area contributed by atoms with Gasteiger partial charge < -0.3 is 5.11 Å². The van der Waals surface area contributed by atoms with E-state index in [0.717, 1.165) is 33.6 Å². The Morgan fingerprint density at radius 1 is 0.879 bits per heavy atom. The zero-order valence-electron chi connectivity index (χ0n) is 18.3. The fraction of sp³-hybridized carbons (Fsp3) is 0.0714. The third-order valence-corrected chi connectivity index (χ3v) is 6.56. The molecule has 0 aliphatic heterocycles. The molecule has 0 unspecified atom stereocenters. The lowest BCUT2D eigenvalue weighted by molar-refractivity contribution is -0.109. The summed E-state index contributed by atoms with van der Waals surface area (Å²) in [6.07, 6.45) is 5.17. The predicted octanol–water partition coefficient (Wildman–Crippen LogP) is 6.23. The van der Waals surface area contributed by atoms with Crippen LogP contribution in [0.3, 0.4) is 0 Å². The predicted molar refractivity (Wildman–Crippen MR) is 135 cm³/mol. The van der Waals surface area contributed by atoms with E-state index in [1.54, 1.807) is 16.7 Å². The Kier molecular flexibility index (Phi) is 5.40. The van der Waals surface area contributed by atoms with Crippen molar-refractivity contribution in [3.8, 4) is 11.6 Å². The number of carbonyl (C=O) groups excluding carboxylic acids is 1. The molecule has 0 atom stereocenters. The highest BCUT2D eigenvalue weighted by atomic mass is 32.1. The van der Waals surface area contributed by atoms with Crippen molar-refractivity contribution in [3.63, 3.8) is 0 Å². The minimum Gasteiger partial charge on any atom is -0.493 e. The van der Waals surface area contributed by atoms with Crippen LogP contribution in [0.2, 0.25) is 0 Å². The molecular weight excluding hydrogens is 428 g/mol. The number of thiazole rings is 1. The summed E-state index contributed by atoms with van der Waals surface area (Å²) in [4.78, 5) is 18.7. The van der Waals surface area contributed by atoms with Crippen LogP contribution >= 0.6 is 11.3 Å². The van der Waals surface area contributed by atoms with Gasteiger partial charge in [-0.05, 0) is 61.4 Å². The van der Waals surface area contributed by atoms with Crippen molar-refractivity contribution >= 4 is 40.5 Å². The van der Waals surface area contributed by atoms with Gasteiger partial charge in [-0.15, -0.1) is 0 Å². The molecule has 0 spiro atoms. The van der Waals surface area contributed by atoms with E-state index in [-0.39, 0.29) is 11.7 Å². The van der Waals surface area contributed by atoms with E-state index in [1.165, 1.54) is 11.3 Å². The maximum Gasteiger partial charge on any atom is 0.215 e. The highest BCUT2D eigenvalue weighted by Gasteiger charge is 2.20. The number of rotatable bonds is 3. The molecule has 0 saturated heterocycles. The molecule has 1 aliphatic rings. The van der Waals surface area contributed by atoms with Crippen molar-refractivity contribution in [3.05, 3.63) is 111 Å². The van der Waals surface area contributed by atoms with Crippen molar-refractivity contribution in [2.45, 2.75) is 13.8 Å². The van der Waals surface area contributed by atoms with E-state index >= 15 is 0 Å². The Morgan fingerprint density at radius 2 is 1.55 bits per heavy atom. The molecule has 1 N–H and O–H groups in total. The molecule has 1 aliphatic carbocycles. The SMILES string of the molecule is Cc1ccc(N=c2sc(C=C3C(=O)C=Cc4ccccc43)c(O)n2-c2ccc(C)cc2)cc1. The molecule has 5 rings (SSSR count). The van der Waals surface area contributed by atoms with E-state index in [2.05, 4.69) is 0 Å². The van der Waals surface area contributed by atoms with E-state index in [1.807, 2.05) is 92.7 Å². The van der Waals surface area contributed by atoms with Crippen LogP contribution in [0.25, 0.3) is 23.4 Å². The highest BCUT2D eigenvalue weighted by molar-refractivity contribution is 7.10. The van der Waals surface area contributed by atoms with Crippen molar-refractivity contribution in [1.82, 2.24) is 4.57 Å². The molecule has 0 fully saturated rings. The Balaban J connectivity index is 1.72. The molecule has 33 heavy (non-hydrogen) atoms. The third-order valence-electron chi connectivity index (χ3n) is 5.58. The Hall–Kier alpha value is -3.96. The quantitative estimate of drug-likeness (QED) is 0.376. The van der Waals surface area contributed by atoms with Gasteiger partial charge in [0.2, 0.25) is 5.88 Å². The maximum atomic E-state index is 12.7. The summed E-state index contributed by atoms with van der Waals surface area (Å²) < 4.78 is 1.73. The molecule has 0 radical (unpaired) electrons. The van der Waals surface area contributed by atoms with Gasteiger partial charge in [0.1, 0.15) is 0 Å². The molecule has 0 saturated carbocycles. The Bertz CT molecular complexity index is 1480. The zero-order valence-corrected chi connectivity index (χ0v) is 19.1. The number of hydrogen-bond donors (Lipinski definition) is 1. The van der Waals surface area contributed by atoms with Gasteiger partial charge in [-0.1, -0.05) is 77.1 Å². The topological polar surface area (TPSA) is 54.6 Å². The Labute approximate surface area is 196 Å². The van der Waals surface area contributed by atoms with Gasteiger partial charge in [0.05, 0.1) is 16.3 Å². The molecule has 162 valence electrons. The van der Waals surface area contributed by atoms with Crippen molar-refractivity contribution in [2.75, 3.05) is 0 Å². The smallest absolute Gasteiger partial charge is 0.215 e. The summed E-state index contributed by atoms with van der Waals surface area (Å²) >= 11 is 1.35. The number of allylic oxidation sites excluding steroid dienone is 2. The number of hydrogen-bond acceptors (Lipinski definition) is 4. The second kappa shape index (κ2) is 8.52. The monoisotopic (exact) mass is 450 g/mol. The Morgan fingerprint density at radius 3 is 2.27 bits per heavy atom. The van der Waals surface area contributed by atoms with Crippen molar-refractivity contribution in [1.29, 1.82) is 0 Å². The second-order valence-electron chi connectivity index (χ2n) is 8.03. The standard InChI is InChI=1S/C28H22N2O2S/c1-18-7-12-21(13-8-18)29-28-30(22-14-9-19(2)10-15-22)27(32)26(33-28)17-24-23-6-4-3-5-20(23)11-16-25(24)31/h3-17,32H,1-2H3. The summed E-state index contributed by atoms with van der Waals surface area (Å²) in [7, 11) is 0. The van der Waals surface area contributed by atoms with Crippen molar-refractivity contribution < 1.29 is 9.90 Å². The number of carbonyl (C=O) groups is 1. The lowest BCUT2D eigenvalue weighted by atomic mass is 9.91. The number of benzene rings is 3. The largest absolute Gasteiger partial charge is 0.493 e. The summed E-state index contributed by atoms with van der Waals surface area (Å²) in [6, 6.07) is 23.6.